The summed E-state index contributed by atoms with van der Waals surface area (Å²) in [5.74, 6) is 2.16. The van der Waals surface area contributed by atoms with Crippen LogP contribution in [-0.4, -0.2) is 23.5 Å². The van der Waals surface area contributed by atoms with Gasteiger partial charge in [-0.05, 0) is 36.0 Å². The predicted molar refractivity (Wildman–Crippen MR) is 73.3 cm³/mol. The number of anilines is 1. The number of carbonyl (C=O) groups excluding carboxylic acids is 1. The van der Waals surface area contributed by atoms with E-state index in [1.165, 1.54) is 24.3 Å². The molecule has 0 aromatic heterocycles. The Balaban J connectivity index is 2.05. The van der Waals surface area contributed by atoms with Crippen LogP contribution in [0.1, 0.15) is 18.4 Å². The molecule has 0 bridgehead atoms. The number of hydrogen-bond acceptors (Lipinski definition) is 3. The molecule has 0 aliphatic carbocycles. The first-order valence-corrected chi connectivity index (χ1v) is 7.11. The van der Waals surface area contributed by atoms with Crippen LogP contribution in [0.25, 0.3) is 0 Å². The molecule has 92 valence electrons. The minimum atomic E-state index is -0.279. The largest absolute Gasteiger partial charge is 0.382 e. The molecule has 1 aliphatic rings. The molecule has 1 heterocycles. The van der Waals surface area contributed by atoms with Gasteiger partial charge in [0.1, 0.15) is 0 Å². The molecule has 0 atom stereocenters. The molecular weight excluding hydrogens is 232 g/mol. The molecule has 1 aliphatic heterocycles. The molecule has 1 aromatic rings. The van der Waals surface area contributed by atoms with Gasteiger partial charge in [-0.15, -0.1) is 0 Å². The van der Waals surface area contributed by atoms with Crippen molar-refractivity contribution in [2.45, 2.75) is 25.3 Å². The van der Waals surface area contributed by atoms with Crippen molar-refractivity contribution in [3.05, 3.63) is 29.8 Å². The van der Waals surface area contributed by atoms with Gasteiger partial charge in [-0.25, -0.2) is 0 Å². The quantitative estimate of drug-likeness (QED) is 0.859. The van der Waals surface area contributed by atoms with E-state index >= 15 is 0 Å². The first-order valence-electron chi connectivity index (χ1n) is 5.96. The number of nitrogens with one attached hydrogen (secondary N) is 1. The SMILES string of the molecule is NC(=O)Cc1ccccc1NC1CCSCC1. The summed E-state index contributed by atoms with van der Waals surface area (Å²) in [6, 6.07) is 8.46. The van der Waals surface area contributed by atoms with Crippen LogP contribution in [0.3, 0.4) is 0 Å². The molecule has 0 unspecified atom stereocenters. The minimum Gasteiger partial charge on any atom is -0.382 e. The number of nitrogens with two attached hydrogens (primary N) is 1. The number of amides is 1. The third-order valence-electron chi connectivity index (χ3n) is 2.96. The van der Waals surface area contributed by atoms with Gasteiger partial charge in [0.15, 0.2) is 0 Å². The summed E-state index contributed by atoms with van der Waals surface area (Å²) in [5, 5.41) is 3.53. The van der Waals surface area contributed by atoms with Crippen LogP contribution in [0, 0.1) is 0 Å². The zero-order chi connectivity index (χ0) is 12.1. The highest BCUT2D eigenvalue weighted by molar-refractivity contribution is 7.99. The second-order valence-corrected chi connectivity index (χ2v) is 5.56. The summed E-state index contributed by atoms with van der Waals surface area (Å²) >= 11 is 2.01. The maximum absolute atomic E-state index is 11.0. The summed E-state index contributed by atoms with van der Waals surface area (Å²) in [4.78, 5) is 11.0. The zero-order valence-electron chi connectivity index (χ0n) is 9.82. The van der Waals surface area contributed by atoms with E-state index in [2.05, 4.69) is 5.32 Å². The van der Waals surface area contributed by atoms with E-state index in [1.54, 1.807) is 0 Å². The van der Waals surface area contributed by atoms with E-state index in [0.717, 1.165) is 11.3 Å². The molecule has 0 spiro atoms. The number of primary amides is 1. The zero-order valence-corrected chi connectivity index (χ0v) is 10.6. The molecule has 3 N–H and O–H groups in total. The Hall–Kier alpha value is -1.16. The van der Waals surface area contributed by atoms with Crippen molar-refractivity contribution in [2.24, 2.45) is 5.73 Å². The van der Waals surface area contributed by atoms with Gasteiger partial charge in [0.05, 0.1) is 6.42 Å². The molecule has 3 nitrogen and oxygen atoms in total. The third-order valence-corrected chi connectivity index (χ3v) is 4.01. The number of hydrogen-bond donors (Lipinski definition) is 2. The van der Waals surface area contributed by atoms with Gasteiger partial charge in [-0.3, -0.25) is 4.79 Å². The Morgan fingerprint density at radius 2 is 2.06 bits per heavy atom. The average molecular weight is 250 g/mol. The lowest BCUT2D eigenvalue weighted by molar-refractivity contribution is -0.117. The van der Waals surface area contributed by atoms with Gasteiger partial charge < -0.3 is 11.1 Å². The lowest BCUT2D eigenvalue weighted by Gasteiger charge is -2.24. The number of rotatable bonds is 4. The van der Waals surface area contributed by atoms with Crippen molar-refractivity contribution >= 4 is 23.4 Å². The maximum atomic E-state index is 11.0. The standard InChI is InChI=1S/C13H18N2OS/c14-13(16)9-10-3-1-2-4-12(10)15-11-5-7-17-8-6-11/h1-4,11,15H,5-9H2,(H2,14,16). The average Bonchev–Trinajstić information content (AvgIpc) is 2.32. The van der Waals surface area contributed by atoms with Gasteiger partial charge in [0, 0.05) is 11.7 Å². The summed E-state index contributed by atoms with van der Waals surface area (Å²) in [5.41, 5.74) is 7.31. The first kappa shape index (κ1) is 12.3. The van der Waals surface area contributed by atoms with Crippen LogP contribution in [0.2, 0.25) is 0 Å². The topological polar surface area (TPSA) is 55.1 Å². The molecule has 0 saturated carbocycles. The normalized spacial score (nSPS) is 16.7. The highest BCUT2D eigenvalue weighted by atomic mass is 32.2. The van der Waals surface area contributed by atoms with E-state index < -0.39 is 0 Å². The predicted octanol–water partition coefficient (Wildman–Crippen LogP) is 2.02. The molecule has 1 aromatic carbocycles. The van der Waals surface area contributed by atoms with Crippen molar-refractivity contribution < 1.29 is 4.79 Å². The molecule has 17 heavy (non-hydrogen) atoms. The number of benzene rings is 1. The summed E-state index contributed by atoms with van der Waals surface area (Å²) < 4.78 is 0. The van der Waals surface area contributed by atoms with Gasteiger partial charge in [-0.1, -0.05) is 18.2 Å². The van der Waals surface area contributed by atoms with Crippen molar-refractivity contribution in [3.63, 3.8) is 0 Å². The minimum absolute atomic E-state index is 0.279. The maximum Gasteiger partial charge on any atom is 0.221 e. The second-order valence-electron chi connectivity index (χ2n) is 4.33. The van der Waals surface area contributed by atoms with Gasteiger partial charge in [0.2, 0.25) is 5.91 Å². The van der Waals surface area contributed by atoms with Crippen LogP contribution < -0.4 is 11.1 Å². The molecule has 1 amide bonds. The summed E-state index contributed by atoms with van der Waals surface area (Å²) in [7, 11) is 0. The number of thioether (sulfide) groups is 1. The monoisotopic (exact) mass is 250 g/mol. The highest BCUT2D eigenvalue weighted by Gasteiger charge is 2.14. The Kier molecular flexibility index (Phi) is 4.31. The lowest BCUT2D eigenvalue weighted by Crippen LogP contribution is -2.25. The number of para-hydroxylation sites is 1. The van der Waals surface area contributed by atoms with E-state index in [9.17, 15) is 4.79 Å². The lowest BCUT2D eigenvalue weighted by atomic mass is 10.1. The summed E-state index contributed by atoms with van der Waals surface area (Å²) in [6.45, 7) is 0. The van der Waals surface area contributed by atoms with Crippen LogP contribution >= 0.6 is 11.8 Å². The molecule has 1 fully saturated rings. The van der Waals surface area contributed by atoms with Crippen molar-refractivity contribution in [3.8, 4) is 0 Å². The third kappa shape index (κ3) is 3.66. The van der Waals surface area contributed by atoms with Crippen LogP contribution in [0.5, 0.6) is 0 Å². The fourth-order valence-corrected chi connectivity index (χ4v) is 3.17. The Labute approximate surface area is 106 Å². The Morgan fingerprint density at radius 3 is 2.76 bits per heavy atom. The summed E-state index contributed by atoms with van der Waals surface area (Å²) in [6.07, 6.45) is 2.69. The van der Waals surface area contributed by atoms with E-state index in [4.69, 9.17) is 5.73 Å². The molecule has 0 radical (unpaired) electrons. The molecule has 2 rings (SSSR count). The van der Waals surface area contributed by atoms with Gasteiger partial charge in [-0.2, -0.15) is 11.8 Å². The van der Waals surface area contributed by atoms with Gasteiger partial charge >= 0.3 is 0 Å². The molecule has 4 heteroatoms. The fourth-order valence-electron chi connectivity index (χ4n) is 2.06. The van der Waals surface area contributed by atoms with Crippen LogP contribution in [0.15, 0.2) is 24.3 Å². The molecule has 1 saturated heterocycles. The highest BCUT2D eigenvalue weighted by Crippen LogP contribution is 2.23. The van der Waals surface area contributed by atoms with E-state index in [0.29, 0.717) is 12.5 Å². The first-order chi connectivity index (χ1) is 8.25. The Morgan fingerprint density at radius 1 is 1.35 bits per heavy atom. The van der Waals surface area contributed by atoms with Crippen molar-refractivity contribution in [1.82, 2.24) is 0 Å². The second kappa shape index (κ2) is 5.96. The van der Waals surface area contributed by atoms with Gasteiger partial charge in [0.25, 0.3) is 0 Å². The number of carbonyl (C=O) groups is 1. The smallest absolute Gasteiger partial charge is 0.221 e. The van der Waals surface area contributed by atoms with E-state index in [1.807, 2.05) is 36.0 Å². The van der Waals surface area contributed by atoms with Crippen molar-refractivity contribution in [2.75, 3.05) is 16.8 Å². The molecular formula is C13H18N2OS. The Bertz CT molecular complexity index is 389. The fraction of sp³-hybridized carbons (Fsp3) is 0.462. The van der Waals surface area contributed by atoms with E-state index in [-0.39, 0.29) is 5.91 Å². The van der Waals surface area contributed by atoms with Crippen molar-refractivity contribution in [1.29, 1.82) is 0 Å². The van der Waals surface area contributed by atoms with Crippen LogP contribution in [0.4, 0.5) is 5.69 Å². The van der Waals surface area contributed by atoms with Crippen LogP contribution in [-0.2, 0) is 11.2 Å².